The first-order valence-electron chi connectivity index (χ1n) is 10.4. The zero-order valence-corrected chi connectivity index (χ0v) is 17.9. The number of halogens is 1. The largest absolute Gasteiger partial charge is 0.382 e. The highest BCUT2D eigenvalue weighted by molar-refractivity contribution is 5.89. The normalized spacial score (nSPS) is 11.9. The minimum absolute atomic E-state index is 0.141. The summed E-state index contributed by atoms with van der Waals surface area (Å²) in [5.74, 6) is -1.01. The van der Waals surface area contributed by atoms with E-state index in [4.69, 9.17) is 4.74 Å². The molecule has 0 saturated carbocycles. The second-order valence-corrected chi connectivity index (χ2v) is 7.40. The topological polar surface area (TPSA) is 58.6 Å². The van der Waals surface area contributed by atoms with Crippen molar-refractivity contribution in [3.8, 4) is 0 Å². The van der Waals surface area contributed by atoms with E-state index in [9.17, 15) is 14.0 Å². The maximum Gasteiger partial charge on any atom is 0.247 e. The molecule has 0 fully saturated rings. The van der Waals surface area contributed by atoms with Crippen LogP contribution in [0.15, 0.2) is 54.6 Å². The number of rotatable bonds is 11. The van der Waals surface area contributed by atoms with Crippen molar-refractivity contribution in [3.05, 3.63) is 71.5 Å². The first-order valence-corrected chi connectivity index (χ1v) is 10.4. The second-order valence-electron chi connectivity index (χ2n) is 7.40. The van der Waals surface area contributed by atoms with E-state index < -0.39 is 6.04 Å². The molecule has 2 aromatic rings. The summed E-state index contributed by atoms with van der Waals surface area (Å²) in [5.41, 5.74) is 1.49. The van der Waals surface area contributed by atoms with E-state index in [1.807, 2.05) is 51.1 Å². The predicted molar refractivity (Wildman–Crippen MR) is 115 cm³/mol. The van der Waals surface area contributed by atoms with Crippen LogP contribution in [-0.4, -0.2) is 36.5 Å². The van der Waals surface area contributed by atoms with Crippen LogP contribution in [0.5, 0.6) is 0 Å². The minimum atomic E-state index is -0.779. The molecule has 0 aliphatic heterocycles. The number of carbonyl (C=O) groups excluding carboxylic acids is 2. The van der Waals surface area contributed by atoms with Crippen molar-refractivity contribution in [2.24, 2.45) is 5.92 Å². The molecular weight excluding hydrogens is 383 g/mol. The lowest BCUT2D eigenvalue weighted by Crippen LogP contribution is -2.45. The molecule has 0 aliphatic rings. The minimum Gasteiger partial charge on any atom is -0.382 e. The van der Waals surface area contributed by atoms with Gasteiger partial charge in [-0.3, -0.25) is 9.59 Å². The molecule has 0 heterocycles. The Bertz CT molecular complexity index is 794. The van der Waals surface area contributed by atoms with Gasteiger partial charge in [0.2, 0.25) is 11.8 Å². The Hall–Kier alpha value is -2.73. The summed E-state index contributed by atoms with van der Waals surface area (Å²) in [4.78, 5) is 27.9. The van der Waals surface area contributed by atoms with Gasteiger partial charge in [-0.25, -0.2) is 4.39 Å². The van der Waals surface area contributed by atoms with E-state index in [2.05, 4.69) is 5.32 Å². The van der Waals surface area contributed by atoms with Gasteiger partial charge < -0.3 is 15.0 Å². The predicted octanol–water partition coefficient (Wildman–Crippen LogP) is 4.09. The lowest BCUT2D eigenvalue weighted by molar-refractivity contribution is -0.144. The van der Waals surface area contributed by atoms with Crippen LogP contribution >= 0.6 is 0 Å². The van der Waals surface area contributed by atoms with Crippen LogP contribution in [0, 0.1) is 11.7 Å². The smallest absolute Gasteiger partial charge is 0.247 e. The van der Waals surface area contributed by atoms with Gasteiger partial charge in [0, 0.05) is 32.2 Å². The number of benzene rings is 2. The average molecular weight is 415 g/mol. The number of hydrogen-bond acceptors (Lipinski definition) is 3. The van der Waals surface area contributed by atoms with Crippen molar-refractivity contribution in [3.63, 3.8) is 0 Å². The molecule has 2 amide bonds. The van der Waals surface area contributed by atoms with Crippen LogP contribution in [-0.2, 0) is 20.9 Å². The third-order valence-electron chi connectivity index (χ3n) is 4.69. The quantitative estimate of drug-likeness (QED) is 0.564. The van der Waals surface area contributed by atoms with Crippen LogP contribution in [0.1, 0.15) is 44.4 Å². The maximum absolute atomic E-state index is 13.3. The van der Waals surface area contributed by atoms with Gasteiger partial charge in [-0.05, 0) is 36.6 Å². The molecule has 0 radical (unpaired) electrons. The van der Waals surface area contributed by atoms with Gasteiger partial charge >= 0.3 is 0 Å². The molecule has 30 heavy (non-hydrogen) atoms. The van der Waals surface area contributed by atoms with E-state index in [1.165, 1.54) is 12.1 Å². The second kappa shape index (κ2) is 12.1. The van der Waals surface area contributed by atoms with Gasteiger partial charge in [-0.2, -0.15) is 0 Å². The number of nitrogens with one attached hydrogen (secondary N) is 1. The Labute approximate surface area is 178 Å². The number of nitrogens with zero attached hydrogens (tertiary/aromatic N) is 1. The Balaban J connectivity index is 2.30. The molecule has 162 valence electrons. The van der Waals surface area contributed by atoms with E-state index in [0.29, 0.717) is 26.2 Å². The SMILES string of the molecule is CCOCCCNC(=O)C(c1ccccc1)N(Cc1ccc(F)cc1)C(=O)C(C)C. The fourth-order valence-corrected chi connectivity index (χ4v) is 3.15. The van der Waals surface area contributed by atoms with Crippen molar-refractivity contribution in [2.45, 2.75) is 39.8 Å². The summed E-state index contributed by atoms with van der Waals surface area (Å²) in [7, 11) is 0. The summed E-state index contributed by atoms with van der Waals surface area (Å²) in [6.45, 7) is 7.41. The molecule has 6 heteroatoms. The molecule has 0 aliphatic carbocycles. The molecule has 0 spiro atoms. The standard InChI is InChI=1S/C24H31FN2O3/c1-4-30-16-8-15-26-23(28)22(20-9-6-5-7-10-20)27(24(29)18(2)3)17-19-11-13-21(25)14-12-19/h5-7,9-14,18,22H,4,8,15-17H2,1-3H3,(H,26,28). The van der Waals surface area contributed by atoms with Crippen LogP contribution in [0.2, 0.25) is 0 Å². The molecule has 1 unspecified atom stereocenters. The summed E-state index contributed by atoms with van der Waals surface area (Å²) < 4.78 is 18.7. The Morgan fingerprint density at radius 2 is 1.73 bits per heavy atom. The molecular formula is C24H31FN2O3. The van der Waals surface area contributed by atoms with Crippen molar-refractivity contribution >= 4 is 11.8 Å². The third kappa shape index (κ3) is 6.95. The van der Waals surface area contributed by atoms with E-state index in [-0.39, 0.29) is 30.1 Å². The number of carbonyl (C=O) groups is 2. The van der Waals surface area contributed by atoms with E-state index >= 15 is 0 Å². The zero-order valence-electron chi connectivity index (χ0n) is 17.9. The van der Waals surface area contributed by atoms with Gasteiger partial charge in [0.25, 0.3) is 0 Å². The maximum atomic E-state index is 13.3. The van der Waals surface area contributed by atoms with Gasteiger partial charge in [-0.1, -0.05) is 56.3 Å². The number of hydrogen-bond donors (Lipinski definition) is 1. The first-order chi connectivity index (χ1) is 14.4. The van der Waals surface area contributed by atoms with Crippen molar-refractivity contribution in [2.75, 3.05) is 19.8 Å². The summed E-state index contributed by atoms with van der Waals surface area (Å²) in [5, 5.41) is 2.94. The lowest BCUT2D eigenvalue weighted by atomic mass is 10.0. The van der Waals surface area contributed by atoms with Crippen molar-refractivity contribution < 1.29 is 18.7 Å². The fraction of sp³-hybridized carbons (Fsp3) is 0.417. The Morgan fingerprint density at radius 1 is 1.07 bits per heavy atom. The summed E-state index contributed by atoms with van der Waals surface area (Å²) in [6, 6.07) is 14.5. The summed E-state index contributed by atoms with van der Waals surface area (Å²) in [6.07, 6.45) is 0.692. The third-order valence-corrected chi connectivity index (χ3v) is 4.69. The number of ether oxygens (including phenoxy) is 1. The highest BCUT2D eigenvalue weighted by atomic mass is 19.1. The molecule has 5 nitrogen and oxygen atoms in total. The molecule has 1 N–H and O–H groups in total. The molecule has 2 rings (SSSR count). The highest BCUT2D eigenvalue weighted by Gasteiger charge is 2.32. The summed E-state index contributed by atoms with van der Waals surface area (Å²) >= 11 is 0. The fourth-order valence-electron chi connectivity index (χ4n) is 3.15. The van der Waals surface area contributed by atoms with E-state index in [1.54, 1.807) is 17.0 Å². The van der Waals surface area contributed by atoms with E-state index in [0.717, 1.165) is 11.1 Å². The van der Waals surface area contributed by atoms with Crippen molar-refractivity contribution in [1.82, 2.24) is 10.2 Å². The van der Waals surface area contributed by atoms with Gasteiger partial charge in [-0.15, -0.1) is 0 Å². The van der Waals surface area contributed by atoms with Gasteiger partial charge in [0.15, 0.2) is 0 Å². The monoisotopic (exact) mass is 414 g/mol. The first kappa shape index (κ1) is 23.5. The van der Waals surface area contributed by atoms with Crippen LogP contribution in [0.25, 0.3) is 0 Å². The van der Waals surface area contributed by atoms with Gasteiger partial charge in [0.05, 0.1) is 0 Å². The van der Waals surface area contributed by atoms with Gasteiger partial charge in [0.1, 0.15) is 11.9 Å². The Kier molecular flexibility index (Phi) is 9.48. The van der Waals surface area contributed by atoms with Crippen LogP contribution < -0.4 is 5.32 Å². The lowest BCUT2D eigenvalue weighted by Gasteiger charge is -2.33. The van der Waals surface area contributed by atoms with Crippen LogP contribution in [0.3, 0.4) is 0 Å². The highest BCUT2D eigenvalue weighted by Crippen LogP contribution is 2.25. The Morgan fingerprint density at radius 3 is 2.33 bits per heavy atom. The van der Waals surface area contributed by atoms with Crippen LogP contribution in [0.4, 0.5) is 4.39 Å². The molecule has 0 saturated heterocycles. The number of amides is 2. The van der Waals surface area contributed by atoms with Crippen molar-refractivity contribution in [1.29, 1.82) is 0 Å². The average Bonchev–Trinajstić information content (AvgIpc) is 2.74. The molecule has 0 bridgehead atoms. The molecule has 2 aromatic carbocycles. The molecule has 0 aromatic heterocycles. The zero-order chi connectivity index (χ0) is 21.9. The molecule has 1 atom stereocenters.